The number of hydrogen-bond acceptors (Lipinski definition) is 2. The third kappa shape index (κ3) is 5.93. The van der Waals surface area contributed by atoms with Crippen molar-refractivity contribution in [2.45, 2.75) is 32.2 Å². The minimum absolute atomic E-state index is 0.300. The standard InChI is InChI=1S/C24H31ClN2/c1-20(2)8-6-7-15-26-16-18-27(19-17-26)24(21-9-4-3-5-10-21)22-11-13-23(25)14-12-22/h3-5,9-14,24H,1,6-8,15-19H2,2H3. The van der Waals surface area contributed by atoms with Crippen LogP contribution in [0.2, 0.25) is 5.02 Å². The molecule has 3 rings (SSSR count). The zero-order valence-electron chi connectivity index (χ0n) is 16.4. The van der Waals surface area contributed by atoms with Gasteiger partial charge in [-0.2, -0.15) is 0 Å². The van der Waals surface area contributed by atoms with Gasteiger partial charge in [0, 0.05) is 31.2 Å². The Kier molecular flexibility index (Phi) is 7.51. The van der Waals surface area contributed by atoms with Crippen molar-refractivity contribution in [1.82, 2.24) is 9.80 Å². The van der Waals surface area contributed by atoms with E-state index in [1.54, 1.807) is 0 Å². The van der Waals surface area contributed by atoms with Crippen LogP contribution in [0.1, 0.15) is 43.4 Å². The van der Waals surface area contributed by atoms with Gasteiger partial charge in [-0.3, -0.25) is 4.90 Å². The highest BCUT2D eigenvalue weighted by atomic mass is 35.5. The number of unbranched alkanes of at least 4 members (excludes halogenated alkanes) is 1. The quantitative estimate of drug-likeness (QED) is 0.421. The van der Waals surface area contributed by atoms with Crippen LogP contribution >= 0.6 is 11.6 Å². The van der Waals surface area contributed by atoms with Crippen LogP contribution in [0.4, 0.5) is 0 Å². The Morgan fingerprint density at radius 3 is 2.19 bits per heavy atom. The summed E-state index contributed by atoms with van der Waals surface area (Å²) in [5.41, 5.74) is 3.98. The first kappa shape index (κ1) is 20.1. The van der Waals surface area contributed by atoms with E-state index >= 15 is 0 Å². The summed E-state index contributed by atoms with van der Waals surface area (Å²) in [4.78, 5) is 5.22. The maximum atomic E-state index is 6.12. The van der Waals surface area contributed by atoms with Crippen molar-refractivity contribution in [3.05, 3.63) is 82.9 Å². The van der Waals surface area contributed by atoms with Crippen LogP contribution in [0.25, 0.3) is 0 Å². The molecule has 2 aromatic carbocycles. The van der Waals surface area contributed by atoms with E-state index in [1.165, 1.54) is 36.1 Å². The summed E-state index contributed by atoms with van der Waals surface area (Å²) in [5.74, 6) is 0. The van der Waals surface area contributed by atoms with Crippen LogP contribution in [0.5, 0.6) is 0 Å². The summed E-state index contributed by atoms with van der Waals surface area (Å²) in [6.07, 6.45) is 3.69. The molecule has 144 valence electrons. The highest BCUT2D eigenvalue weighted by Crippen LogP contribution is 2.30. The van der Waals surface area contributed by atoms with Crippen LogP contribution in [0.3, 0.4) is 0 Å². The molecule has 1 unspecified atom stereocenters. The van der Waals surface area contributed by atoms with Crippen LogP contribution in [0, 0.1) is 0 Å². The summed E-state index contributed by atoms with van der Waals surface area (Å²) in [7, 11) is 0. The lowest BCUT2D eigenvalue weighted by Gasteiger charge is -2.40. The predicted octanol–water partition coefficient (Wildman–Crippen LogP) is 5.79. The number of benzene rings is 2. The number of allylic oxidation sites excluding steroid dienone is 1. The molecule has 27 heavy (non-hydrogen) atoms. The van der Waals surface area contributed by atoms with Crippen LogP contribution in [-0.2, 0) is 0 Å². The molecule has 1 aliphatic heterocycles. The van der Waals surface area contributed by atoms with E-state index in [2.05, 4.69) is 65.8 Å². The van der Waals surface area contributed by atoms with E-state index in [0.29, 0.717) is 6.04 Å². The van der Waals surface area contributed by atoms with Crippen molar-refractivity contribution < 1.29 is 0 Å². The fourth-order valence-electron chi connectivity index (χ4n) is 3.90. The van der Waals surface area contributed by atoms with Gasteiger partial charge in [0.2, 0.25) is 0 Å². The van der Waals surface area contributed by atoms with Gasteiger partial charge in [-0.05, 0) is 56.0 Å². The molecule has 0 N–H and O–H groups in total. The van der Waals surface area contributed by atoms with Crippen molar-refractivity contribution >= 4 is 11.6 Å². The molecule has 1 aliphatic rings. The second-order valence-electron chi connectivity index (χ2n) is 7.66. The molecule has 1 saturated heterocycles. The Morgan fingerprint density at radius 1 is 0.926 bits per heavy atom. The van der Waals surface area contributed by atoms with E-state index in [1.807, 2.05) is 12.1 Å². The molecule has 3 heteroatoms. The van der Waals surface area contributed by atoms with Crippen LogP contribution < -0.4 is 0 Å². The minimum Gasteiger partial charge on any atom is -0.301 e. The summed E-state index contributed by atoms with van der Waals surface area (Å²) < 4.78 is 0. The molecule has 0 aliphatic carbocycles. The molecule has 1 fully saturated rings. The molecule has 0 bridgehead atoms. The molecule has 0 spiro atoms. The fraction of sp³-hybridized carbons (Fsp3) is 0.417. The van der Waals surface area contributed by atoms with Gasteiger partial charge < -0.3 is 4.90 Å². The Bertz CT molecular complexity index is 703. The van der Waals surface area contributed by atoms with Crippen molar-refractivity contribution in [2.75, 3.05) is 32.7 Å². The number of piperazine rings is 1. The topological polar surface area (TPSA) is 6.48 Å². The first-order chi connectivity index (χ1) is 13.1. The molecule has 1 heterocycles. The molecule has 0 aromatic heterocycles. The lowest BCUT2D eigenvalue weighted by molar-refractivity contribution is 0.108. The predicted molar refractivity (Wildman–Crippen MR) is 116 cm³/mol. The largest absolute Gasteiger partial charge is 0.301 e. The van der Waals surface area contributed by atoms with E-state index in [-0.39, 0.29) is 0 Å². The molecule has 2 aromatic rings. The maximum Gasteiger partial charge on any atom is 0.0602 e. The SMILES string of the molecule is C=C(C)CCCCN1CCN(C(c2ccccc2)c2ccc(Cl)cc2)CC1. The van der Waals surface area contributed by atoms with Gasteiger partial charge in [-0.1, -0.05) is 59.6 Å². The van der Waals surface area contributed by atoms with Crippen molar-refractivity contribution in [2.24, 2.45) is 0 Å². The highest BCUT2D eigenvalue weighted by Gasteiger charge is 2.26. The smallest absolute Gasteiger partial charge is 0.0602 e. The molecular formula is C24H31ClN2. The first-order valence-corrected chi connectivity index (χ1v) is 10.4. The Morgan fingerprint density at radius 2 is 1.56 bits per heavy atom. The Hall–Kier alpha value is -1.61. The zero-order chi connectivity index (χ0) is 19.1. The Balaban J connectivity index is 1.63. The van der Waals surface area contributed by atoms with E-state index in [4.69, 9.17) is 11.6 Å². The van der Waals surface area contributed by atoms with Gasteiger partial charge >= 0.3 is 0 Å². The van der Waals surface area contributed by atoms with E-state index < -0.39 is 0 Å². The van der Waals surface area contributed by atoms with Gasteiger partial charge in [-0.25, -0.2) is 0 Å². The molecular weight excluding hydrogens is 352 g/mol. The van der Waals surface area contributed by atoms with Gasteiger partial charge in [0.15, 0.2) is 0 Å². The first-order valence-electron chi connectivity index (χ1n) is 10.0. The normalized spacial score (nSPS) is 17.0. The lowest BCUT2D eigenvalue weighted by Crippen LogP contribution is -2.48. The number of nitrogens with zero attached hydrogens (tertiary/aromatic N) is 2. The highest BCUT2D eigenvalue weighted by molar-refractivity contribution is 6.30. The van der Waals surface area contributed by atoms with E-state index in [9.17, 15) is 0 Å². The summed E-state index contributed by atoms with van der Waals surface area (Å²) in [5, 5.41) is 0.796. The summed E-state index contributed by atoms with van der Waals surface area (Å²) in [6, 6.07) is 19.5. The van der Waals surface area contributed by atoms with Crippen molar-refractivity contribution in [3.63, 3.8) is 0 Å². The van der Waals surface area contributed by atoms with Crippen LogP contribution in [0.15, 0.2) is 66.7 Å². The van der Waals surface area contributed by atoms with Gasteiger partial charge in [0.1, 0.15) is 0 Å². The number of hydrogen-bond donors (Lipinski definition) is 0. The average molecular weight is 383 g/mol. The molecule has 2 nitrogen and oxygen atoms in total. The van der Waals surface area contributed by atoms with Crippen molar-refractivity contribution in [1.29, 1.82) is 0 Å². The maximum absolute atomic E-state index is 6.12. The summed E-state index contributed by atoms with van der Waals surface area (Å²) in [6.45, 7) is 11.8. The zero-order valence-corrected chi connectivity index (χ0v) is 17.2. The molecule has 0 radical (unpaired) electrons. The monoisotopic (exact) mass is 382 g/mol. The molecule has 0 amide bonds. The van der Waals surface area contributed by atoms with Gasteiger partial charge in [0.25, 0.3) is 0 Å². The average Bonchev–Trinajstić information content (AvgIpc) is 2.69. The van der Waals surface area contributed by atoms with E-state index in [0.717, 1.165) is 37.6 Å². The van der Waals surface area contributed by atoms with Crippen LogP contribution in [-0.4, -0.2) is 42.5 Å². The Labute approximate surface area is 169 Å². The third-order valence-electron chi connectivity index (χ3n) is 5.40. The lowest BCUT2D eigenvalue weighted by atomic mass is 9.96. The number of halogens is 1. The van der Waals surface area contributed by atoms with Gasteiger partial charge in [0.05, 0.1) is 6.04 Å². The number of rotatable bonds is 8. The third-order valence-corrected chi connectivity index (χ3v) is 5.65. The second-order valence-corrected chi connectivity index (χ2v) is 8.09. The molecule has 1 atom stereocenters. The fourth-order valence-corrected chi connectivity index (χ4v) is 4.03. The van der Waals surface area contributed by atoms with Crippen molar-refractivity contribution in [3.8, 4) is 0 Å². The van der Waals surface area contributed by atoms with Gasteiger partial charge in [-0.15, -0.1) is 6.58 Å². The molecule has 0 saturated carbocycles. The minimum atomic E-state index is 0.300. The summed E-state index contributed by atoms with van der Waals surface area (Å²) >= 11 is 6.12. The second kappa shape index (κ2) is 10.1.